The van der Waals surface area contributed by atoms with Crippen molar-refractivity contribution in [2.45, 2.75) is 19.1 Å². The Kier molecular flexibility index (Phi) is 5.14. The van der Waals surface area contributed by atoms with E-state index in [4.69, 9.17) is 4.74 Å². The molecule has 6 nitrogen and oxygen atoms in total. The van der Waals surface area contributed by atoms with Crippen molar-refractivity contribution >= 4 is 16.9 Å². The van der Waals surface area contributed by atoms with Gasteiger partial charge < -0.3 is 15.0 Å². The van der Waals surface area contributed by atoms with Crippen molar-refractivity contribution < 1.29 is 4.74 Å². The Labute approximate surface area is 158 Å². The summed E-state index contributed by atoms with van der Waals surface area (Å²) in [5.74, 6) is 1.56. The highest BCUT2D eigenvalue weighted by molar-refractivity contribution is 5.83. The topological polar surface area (TPSA) is 62.6 Å². The van der Waals surface area contributed by atoms with Gasteiger partial charge in [-0.05, 0) is 17.7 Å². The van der Waals surface area contributed by atoms with Gasteiger partial charge in [0.1, 0.15) is 6.10 Å². The van der Waals surface area contributed by atoms with Crippen molar-refractivity contribution in [3.63, 3.8) is 0 Å². The first-order valence-electron chi connectivity index (χ1n) is 9.19. The van der Waals surface area contributed by atoms with Crippen LogP contribution < -0.4 is 10.1 Å². The van der Waals surface area contributed by atoms with Gasteiger partial charge in [-0.2, -0.15) is 0 Å². The van der Waals surface area contributed by atoms with Gasteiger partial charge in [0.2, 0.25) is 5.88 Å². The first-order chi connectivity index (χ1) is 13.3. The summed E-state index contributed by atoms with van der Waals surface area (Å²) in [4.78, 5) is 15.4. The van der Waals surface area contributed by atoms with Gasteiger partial charge in [0, 0.05) is 50.4 Å². The largest absolute Gasteiger partial charge is 0.472 e. The van der Waals surface area contributed by atoms with Crippen LogP contribution in [0.2, 0.25) is 0 Å². The molecule has 4 rings (SSSR count). The van der Waals surface area contributed by atoms with Crippen molar-refractivity contribution in [1.29, 1.82) is 0 Å². The fraction of sp³-hybridized carbons (Fsp3) is 0.286. The number of aromatic nitrogens is 2. The molecule has 3 aromatic rings. The van der Waals surface area contributed by atoms with Gasteiger partial charge in [0.25, 0.3) is 0 Å². The summed E-state index contributed by atoms with van der Waals surface area (Å²) in [5, 5.41) is 4.62. The number of hydrogen-bond donors (Lipinski definition) is 1. The summed E-state index contributed by atoms with van der Waals surface area (Å²) >= 11 is 0. The van der Waals surface area contributed by atoms with Gasteiger partial charge >= 0.3 is 0 Å². The Hall–Kier alpha value is -3.15. The van der Waals surface area contributed by atoms with Gasteiger partial charge in [-0.1, -0.05) is 30.3 Å². The van der Waals surface area contributed by atoms with Crippen LogP contribution in [0.3, 0.4) is 0 Å². The second kappa shape index (κ2) is 8.03. The lowest BCUT2D eigenvalue weighted by Crippen LogP contribution is -2.40. The highest BCUT2D eigenvalue weighted by Gasteiger charge is 2.26. The number of aliphatic imine (C=N–C) groups is 1. The SMILES string of the molecule is CN=C(NCc1cccc2cccnc12)N1CCC(Oc2ccccn2)C1. The molecule has 1 aromatic carbocycles. The summed E-state index contributed by atoms with van der Waals surface area (Å²) in [5.41, 5.74) is 2.19. The van der Waals surface area contributed by atoms with E-state index in [0.717, 1.165) is 41.9 Å². The van der Waals surface area contributed by atoms with E-state index >= 15 is 0 Å². The molecule has 0 radical (unpaired) electrons. The van der Waals surface area contributed by atoms with Crippen LogP contribution in [-0.4, -0.2) is 47.1 Å². The van der Waals surface area contributed by atoms with E-state index in [9.17, 15) is 0 Å². The fourth-order valence-corrected chi connectivity index (χ4v) is 3.42. The third-order valence-corrected chi connectivity index (χ3v) is 4.73. The van der Waals surface area contributed by atoms with E-state index in [-0.39, 0.29) is 6.10 Å². The number of hydrogen-bond acceptors (Lipinski definition) is 4. The summed E-state index contributed by atoms with van der Waals surface area (Å²) in [7, 11) is 1.82. The molecular formula is C21H23N5O. The zero-order chi connectivity index (χ0) is 18.5. The number of ether oxygens (including phenoxy) is 1. The molecule has 1 atom stereocenters. The van der Waals surface area contributed by atoms with Gasteiger partial charge in [-0.25, -0.2) is 4.98 Å². The standard InChI is InChI=1S/C21H23N5O/c1-22-21(25-14-17-7-4-6-16-8-5-12-24-20(16)17)26-13-10-18(15-26)27-19-9-2-3-11-23-19/h2-9,11-12,18H,10,13-15H2,1H3,(H,22,25). The lowest BCUT2D eigenvalue weighted by Gasteiger charge is -2.22. The van der Waals surface area contributed by atoms with Gasteiger partial charge in [0.05, 0.1) is 12.1 Å². The highest BCUT2D eigenvalue weighted by Crippen LogP contribution is 2.18. The molecule has 27 heavy (non-hydrogen) atoms. The number of likely N-dealkylation sites (tertiary alicyclic amines) is 1. The number of rotatable bonds is 4. The van der Waals surface area contributed by atoms with Crippen LogP contribution in [0.25, 0.3) is 10.9 Å². The second-order valence-corrected chi connectivity index (χ2v) is 6.54. The molecule has 0 bridgehead atoms. The average molecular weight is 361 g/mol. The maximum absolute atomic E-state index is 5.98. The quantitative estimate of drug-likeness (QED) is 0.572. The minimum absolute atomic E-state index is 0.123. The van der Waals surface area contributed by atoms with Crippen molar-refractivity contribution in [2.24, 2.45) is 4.99 Å². The van der Waals surface area contributed by atoms with Crippen LogP contribution in [-0.2, 0) is 6.54 Å². The molecule has 0 saturated carbocycles. The smallest absolute Gasteiger partial charge is 0.213 e. The molecule has 1 saturated heterocycles. The third kappa shape index (κ3) is 4.00. The second-order valence-electron chi connectivity index (χ2n) is 6.54. The fourth-order valence-electron chi connectivity index (χ4n) is 3.42. The number of nitrogens with zero attached hydrogens (tertiary/aromatic N) is 4. The predicted octanol–water partition coefficient (Wildman–Crippen LogP) is 2.86. The van der Waals surface area contributed by atoms with E-state index < -0.39 is 0 Å². The van der Waals surface area contributed by atoms with Gasteiger partial charge in [0.15, 0.2) is 5.96 Å². The molecule has 1 aliphatic rings. The average Bonchev–Trinajstić information content (AvgIpc) is 3.17. The lowest BCUT2D eigenvalue weighted by atomic mass is 10.1. The Bertz CT molecular complexity index is 923. The van der Waals surface area contributed by atoms with Crippen LogP contribution in [0.4, 0.5) is 0 Å². The van der Waals surface area contributed by atoms with E-state index in [2.05, 4.69) is 49.4 Å². The zero-order valence-corrected chi connectivity index (χ0v) is 15.4. The zero-order valence-electron chi connectivity index (χ0n) is 15.4. The Morgan fingerprint density at radius 3 is 2.89 bits per heavy atom. The summed E-state index contributed by atoms with van der Waals surface area (Å²) in [6, 6.07) is 16.0. The van der Waals surface area contributed by atoms with Crippen molar-refractivity contribution in [1.82, 2.24) is 20.2 Å². The number of nitrogens with one attached hydrogen (secondary N) is 1. The molecule has 0 spiro atoms. The van der Waals surface area contributed by atoms with Gasteiger partial charge in [-0.3, -0.25) is 9.98 Å². The molecule has 1 fully saturated rings. The van der Waals surface area contributed by atoms with Crippen LogP contribution >= 0.6 is 0 Å². The van der Waals surface area contributed by atoms with Crippen LogP contribution in [0.15, 0.2) is 65.9 Å². The Morgan fingerprint density at radius 1 is 1.15 bits per heavy atom. The van der Waals surface area contributed by atoms with E-state index in [1.165, 1.54) is 0 Å². The first-order valence-corrected chi connectivity index (χ1v) is 9.19. The minimum Gasteiger partial charge on any atom is -0.472 e. The number of para-hydroxylation sites is 1. The summed E-state index contributed by atoms with van der Waals surface area (Å²) < 4.78 is 5.98. The maximum Gasteiger partial charge on any atom is 0.213 e. The van der Waals surface area contributed by atoms with Crippen molar-refractivity contribution in [2.75, 3.05) is 20.1 Å². The van der Waals surface area contributed by atoms with Crippen LogP contribution in [0, 0.1) is 0 Å². The van der Waals surface area contributed by atoms with E-state index in [1.54, 1.807) is 6.20 Å². The van der Waals surface area contributed by atoms with Crippen molar-refractivity contribution in [3.8, 4) is 5.88 Å². The minimum atomic E-state index is 0.123. The maximum atomic E-state index is 5.98. The van der Waals surface area contributed by atoms with E-state index in [0.29, 0.717) is 12.4 Å². The molecule has 0 amide bonds. The molecule has 0 aliphatic carbocycles. The van der Waals surface area contributed by atoms with Crippen LogP contribution in [0.1, 0.15) is 12.0 Å². The van der Waals surface area contributed by atoms with Crippen LogP contribution in [0.5, 0.6) is 5.88 Å². The molecule has 2 aromatic heterocycles. The monoisotopic (exact) mass is 361 g/mol. The van der Waals surface area contributed by atoms with Crippen molar-refractivity contribution in [3.05, 3.63) is 66.5 Å². The molecule has 1 aliphatic heterocycles. The number of guanidine groups is 1. The summed E-state index contributed by atoms with van der Waals surface area (Å²) in [6.45, 7) is 2.39. The number of pyridine rings is 2. The highest BCUT2D eigenvalue weighted by atomic mass is 16.5. The lowest BCUT2D eigenvalue weighted by molar-refractivity contribution is 0.205. The molecule has 6 heteroatoms. The third-order valence-electron chi connectivity index (χ3n) is 4.73. The van der Waals surface area contributed by atoms with E-state index in [1.807, 2.05) is 37.5 Å². The number of fused-ring (bicyclic) bond motifs is 1. The predicted molar refractivity (Wildman–Crippen MR) is 107 cm³/mol. The molecule has 1 unspecified atom stereocenters. The molecule has 3 heterocycles. The summed E-state index contributed by atoms with van der Waals surface area (Å²) in [6.07, 6.45) is 4.66. The number of benzene rings is 1. The Morgan fingerprint density at radius 2 is 2.04 bits per heavy atom. The normalized spacial score (nSPS) is 17.3. The van der Waals surface area contributed by atoms with Gasteiger partial charge in [-0.15, -0.1) is 0 Å². The molecular weight excluding hydrogens is 338 g/mol. The Balaban J connectivity index is 1.38. The molecule has 138 valence electrons. The first kappa shape index (κ1) is 17.3. The molecule has 1 N–H and O–H groups in total.